The van der Waals surface area contributed by atoms with Crippen LogP contribution in [0.2, 0.25) is 0 Å². The topological polar surface area (TPSA) is 83.8 Å². The fourth-order valence-electron chi connectivity index (χ4n) is 0.0471. The first-order valence-electron chi connectivity index (χ1n) is 2.00. The third-order valence-electron chi connectivity index (χ3n) is 0.153. The zero-order valence-corrected chi connectivity index (χ0v) is 5.93. The van der Waals surface area contributed by atoms with E-state index in [0.29, 0.717) is 6.08 Å². The van der Waals surface area contributed by atoms with Crippen LogP contribution in [0.5, 0.6) is 0 Å². The van der Waals surface area contributed by atoms with Crippen molar-refractivity contribution in [2.24, 2.45) is 4.40 Å². The summed E-state index contributed by atoms with van der Waals surface area (Å²) in [7, 11) is -10.5. The van der Waals surface area contributed by atoms with Crippen LogP contribution >= 0.6 is 0 Å². The summed E-state index contributed by atoms with van der Waals surface area (Å²) in [6, 6.07) is 0. The van der Waals surface area contributed by atoms with E-state index in [1.54, 1.807) is 0 Å². The van der Waals surface area contributed by atoms with Crippen molar-refractivity contribution in [3.63, 3.8) is 0 Å². The third-order valence-corrected chi connectivity index (χ3v) is 0.458. The van der Waals surface area contributed by atoms with Crippen molar-refractivity contribution in [2.75, 3.05) is 0 Å². The van der Waals surface area contributed by atoms with E-state index in [2.05, 4.69) is 0 Å². The van der Waals surface area contributed by atoms with E-state index in [1.807, 2.05) is 4.40 Å². The van der Waals surface area contributed by atoms with Gasteiger partial charge in [-0.3, -0.25) is 4.55 Å². The molecular formula is CHBF4NO4S-. The highest BCUT2D eigenvalue weighted by molar-refractivity contribution is 7.84. The van der Waals surface area contributed by atoms with E-state index in [0.717, 1.165) is 0 Å². The maximum atomic E-state index is 9.75. The van der Waals surface area contributed by atoms with Gasteiger partial charge in [-0.25, -0.2) is 4.79 Å². The Morgan fingerprint density at radius 1 is 1.25 bits per heavy atom. The molecule has 0 radical (unpaired) electrons. The highest BCUT2D eigenvalue weighted by atomic mass is 32.2. The van der Waals surface area contributed by atoms with Crippen LogP contribution in [0, 0.1) is 0 Å². The summed E-state index contributed by atoms with van der Waals surface area (Å²) < 4.78 is 67.3. The molecule has 0 unspecified atom stereocenters. The first-order valence-corrected chi connectivity index (χ1v) is 3.40. The Kier molecular flexibility index (Phi) is 5.52. The van der Waals surface area contributed by atoms with Crippen molar-refractivity contribution in [3.8, 4) is 0 Å². The highest BCUT2D eigenvalue weighted by Gasteiger charge is 2.20. The smallest absolute Gasteiger partial charge is 0.418 e. The van der Waals surface area contributed by atoms with Crippen LogP contribution in [0.4, 0.5) is 17.3 Å². The highest BCUT2D eigenvalue weighted by Crippen LogP contribution is 2.06. The summed E-state index contributed by atoms with van der Waals surface area (Å²) in [5.74, 6) is 0. The molecule has 1 N–H and O–H groups in total. The van der Waals surface area contributed by atoms with E-state index in [1.165, 1.54) is 0 Å². The van der Waals surface area contributed by atoms with Gasteiger partial charge in [-0.2, -0.15) is 8.42 Å². The van der Waals surface area contributed by atoms with E-state index in [4.69, 9.17) is 9.35 Å². The molecule has 0 atom stereocenters. The largest absolute Gasteiger partial charge is 0.673 e. The average Bonchev–Trinajstić information content (AvgIpc) is 1.54. The number of carbonyl (C=O) groups excluding carboxylic acids is 1. The molecule has 0 aromatic heterocycles. The Morgan fingerprint density at radius 3 is 1.50 bits per heavy atom. The lowest BCUT2D eigenvalue weighted by Crippen LogP contribution is -2.02. The van der Waals surface area contributed by atoms with Gasteiger partial charge in [0.25, 0.3) is 6.08 Å². The average molecular weight is 210 g/mol. The van der Waals surface area contributed by atoms with Crippen LogP contribution in [-0.4, -0.2) is 26.3 Å². The quantitative estimate of drug-likeness (QED) is 0.223. The van der Waals surface area contributed by atoms with Crippen LogP contribution < -0.4 is 0 Å². The van der Waals surface area contributed by atoms with Crippen LogP contribution in [-0.2, 0) is 15.1 Å². The predicted molar refractivity (Wildman–Crippen MR) is 29.9 cm³/mol. The third kappa shape index (κ3) is 62.6. The van der Waals surface area contributed by atoms with Crippen LogP contribution in [0.15, 0.2) is 4.40 Å². The number of hydrogen-bond donors (Lipinski definition) is 1. The molecule has 0 aliphatic rings. The van der Waals surface area contributed by atoms with Gasteiger partial charge in [0.15, 0.2) is 0 Å². The Labute approximate surface area is 64.1 Å². The molecule has 0 fully saturated rings. The van der Waals surface area contributed by atoms with E-state index < -0.39 is 17.6 Å². The first kappa shape index (κ1) is 13.7. The second-order valence-electron chi connectivity index (χ2n) is 1.13. The van der Waals surface area contributed by atoms with E-state index in [-0.39, 0.29) is 0 Å². The SMILES string of the molecule is F[B-](F)(F)F.O=C=NS(=O)(=O)O. The summed E-state index contributed by atoms with van der Waals surface area (Å²) >= 11 is 0. The summed E-state index contributed by atoms with van der Waals surface area (Å²) in [5.41, 5.74) is 0. The molecule has 0 aliphatic heterocycles. The second kappa shape index (κ2) is 4.85. The van der Waals surface area contributed by atoms with Gasteiger partial charge in [0.1, 0.15) is 0 Å². The molecule has 11 heteroatoms. The minimum Gasteiger partial charge on any atom is -0.418 e. The monoisotopic (exact) mass is 210 g/mol. The summed E-state index contributed by atoms with van der Waals surface area (Å²) in [6.45, 7) is 0. The van der Waals surface area contributed by atoms with Crippen molar-refractivity contribution in [2.45, 2.75) is 0 Å². The van der Waals surface area contributed by atoms with Crippen LogP contribution in [0.25, 0.3) is 0 Å². The minimum atomic E-state index is -6.00. The molecule has 0 spiro atoms. The number of hydrogen-bond acceptors (Lipinski definition) is 3. The molecule has 0 saturated carbocycles. The lowest BCUT2D eigenvalue weighted by atomic mass is 10.3. The molecule has 12 heavy (non-hydrogen) atoms. The maximum Gasteiger partial charge on any atom is 0.673 e. The van der Waals surface area contributed by atoms with Gasteiger partial charge in [0, 0.05) is 0 Å². The van der Waals surface area contributed by atoms with Crippen molar-refractivity contribution >= 4 is 23.6 Å². The van der Waals surface area contributed by atoms with Crippen molar-refractivity contribution < 1.29 is 35.0 Å². The fourth-order valence-corrected chi connectivity index (χ4v) is 0.141. The van der Waals surface area contributed by atoms with Gasteiger partial charge < -0.3 is 17.3 Å². The zero-order valence-electron chi connectivity index (χ0n) is 5.12. The standard InChI is InChI=1S/CHNO4S.BF4/c3-1-2-7(4,5)6;2-1(3,4)5/h(H,4,5,6);/q;-1. The summed E-state index contributed by atoms with van der Waals surface area (Å²) in [4.78, 5) is 8.99. The van der Waals surface area contributed by atoms with Gasteiger partial charge in [-0.1, -0.05) is 4.40 Å². The van der Waals surface area contributed by atoms with Gasteiger partial charge >= 0.3 is 17.6 Å². The minimum absolute atomic E-state index is 0.645. The number of halogens is 4. The molecule has 0 aromatic rings. The lowest BCUT2D eigenvalue weighted by molar-refractivity contribution is 0.368. The first-order chi connectivity index (χ1) is 5.06. The summed E-state index contributed by atoms with van der Waals surface area (Å²) in [5, 5.41) is 0. The molecule has 72 valence electrons. The maximum absolute atomic E-state index is 9.75. The van der Waals surface area contributed by atoms with Gasteiger partial charge in [0.05, 0.1) is 0 Å². The zero-order chi connectivity index (χ0) is 10.4. The predicted octanol–water partition coefficient (Wildman–Crippen LogP) is 0.425. The van der Waals surface area contributed by atoms with Crippen molar-refractivity contribution in [1.29, 1.82) is 0 Å². The van der Waals surface area contributed by atoms with E-state index in [9.17, 15) is 25.7 Å². The molecule has 5 nitrogen and oxygen atoms in total. The molecule has 0 rings (SSSR count). The van der Waals surface area contributed by atoms with Gasteiger partial charge in [-0.15, -0.1) is 0 Å². The Hall–Kier alpha value is -0.925. The number of isocyanates is 1. The molecular weight excluding hydrogens is 209 g/mol. The number of rotatable bonds is 1. The molecule has 0 heterocycles. The summed E-state index contributed by atoms with van der Waals surface area (Å²) in [6.07, 6.45) is 0.645. The van der Waals surface area contributed by atoms with E-state index >= 15 is 0 Å². The molecule has 0 amide bonds. The Balaban J connectivity index is 0. The fraction of sp³-hybridized carbons (Fsp3) is 0. The number of nitrogens with zero attached hydrogens (tertiary/aromatic N) is 1. The van der Waals surface area contributed by atoms with Crippen molar-refractivity contribution in [1.82, 2.24) is 0 Å². The molecule has 0 saturated heterocycles. The normalized spacial score (nSPS) is 10.8. The Bertz CT molecular complexity index is 257. The van der Waals surface area contributed by atoms with Crippen LogP contribution in [0.1, 0.15) is 0 Å². The van der Waals surface area contributed by atoms with Gasteiger partial charge in [0.2, 0.25) is 0 Å². The second-order valence-corrected chi connectivity index (χ2v) is 2.20. The van der Waals surface area contributed by atoms with Crippen LogP contribution in [0.3, 0.4) is 0 Å². The Morgan fingerprint density at radius 2 is 1.50 bits per heavy atom. The molecule has 0 aliphatic carbocycles. The van der Waals surface area contributed by atoms with Crippen molar-refractivity contribution in [3.05, 3.63) is 0 Å². The lowest BCUT2D eigenvalue weighted by Gasteiger charge is -1.94. The van der Waals surface area contributed by atoms with Gasteiger partial charge in [-0.05, 0) is 0 Å². The molecule has 0 bridgehead atoms. The molecule has 0 aromatic carbocycles.